The Balaban J connectivity index is 1.37. The normalized spacial score (nSPS) is 10.6. The summed E-state index contributed by atoms with van der Waals surface area (Å²) in [5, 5.41) is 0. The number of carbonyl (C=O) groups is 1. The fourth-order valence-corrected chi connectivity index (χ4v) is 3.62. The summed E-state index contributed by atoms with van der Waals surface area (Å²) >= 11 is 0. The van der Waals surface area contributed by atoms with Crippen molar-refractivity contribution >= 4 is 5.78 Å². The van der Waals surface area contributed by atoms with Crippen LogP contribution in [0.15, 0.2) is 97.1 Å². The molecule has 3 nitrogen and oxygen atoms in total. The number of carbonyl (C=O) groups excluding carboxylic acids is 1. The summed E-state index contributed by atoms with van der Waals surface area (Å²) in [5.74, 6) is 3.38. The lowest BCUT2D eigenvalue weighted by Crippen LogP contribution is -2.07. The molecule has 0 spiro atoms. The van der Waals surface area contributed by atoms with Gasteiger partial charge < -0.3 is 9.47 Å². The first-order valence-electron chi connectivity index (χ1n) is 10.7. The molecule has 3 heteroatoms. The van der Waals surface area contributed by atoms with Gasteiger partial charge >= 0.3 is 0 Å². The third kappa shape index (κ3) is 5.64. The van der Waals surface area contributed by atoms with Crippen molar-refractivity contribution in [1.29, 1.82) is 0 Å². The van der Waals surface area contributed by atoms with E-state index in [1.54, 1.807) is 0 Å². The highest BCUT2D eigenvalue weighted by Gasteiger charge is 2.10. The van der Waals surface area contributed by atoms with E-state index in [0.29, 0.717) is 12.8 Å². The Morgan fingerprint density at radius 3 is 1.38 bits per heavy atom. The molecule has 0 heterocycles. The topological polar surface area (TPSA) is 35.5 Å². The maximum absolute atomic E-state index is 12.7. The van der Waals surface area contributed by atoms with E-state index in [4.69, 9.17) is 9.47 Å². The lowest BCUT2D eigenvalue weighted by Gasteiger charge is -2.11. The summed E-state index contributed by atoms with van der Waals surface area (Å²) in [5.41, 5.74) is 4.01. The molecule has 4 aromatic carbocycles. The summed E-state index contributed by atoms with van der Waals surface area (Å²) in [6, 6.07) is 31.2. The molecule has 32 heavy (non-hydrogen) atoms. The molecule has 0 radical (unpaired) electrons. The number of hydrogen-bond acceptors (Lipinski definition) is 3. The van der Waals surface area contributed by atoms with Crippen LogP contribution in [0.5, 0.6) is 23.0 Å². The fraction of sp³-hybridized carbons (Fsp3) is 0.138. The van der Waals surface area contributed by atoms with Crippen LogP contribution in [0.2, 0.25) is 0 Å². The van der Waals surface area contributed by atoms with E-state index in [0.717, 1.165) is 45.3 Å². The number of rotatable bonds is 8. The number of benzene rings is 4. The number of para-hydroxylation sites is 2. The van der Waals surface area contributed by atoms with Crippen LogP contribution in [0.3, 0.4) is 0 Å². The zero-order chi connectivity index (χ0) is 22.3. The molecule has 0 N–H and O–H groups in total. The summed E-state index contributed by atoms with van der Waals surface area (Å²) < 4.78 is 11.9. The standard InChI is InChI=1S/C29H26O3/c1-21-17-23(13-15-28(21)31-26-9-5-3-6-10-26)19-25(30)20-24-14-16-29(22(2)18-24)32-27-11-7-4-8-12-27/h3-18H,19-20H2,1-2H3. The van der Waals surface area contributed by atoms with Crippen LogP contribution in [-0.4, -0.2) is 5.78 Å². The highest BCUT2D eigenvalue weighted by Crippen LogP contribution is 2.27. The molecule has 0 unspecified atom stereocenters. The molecule has 0 fully saturated rings. The molecule has 0 aromatic heterocycles. The maximum Gasteiger partial charge on any atom is 0.141 e. The van der Waals surface area contributed by atoms with Gasteiger partial charge in [-0.3, -0.25) is 4.79 Å². The van der Waals surface area contributed by atoms with E-state index in [1.807, 2.05) is 111 Å². The van der Waals surface area contributed by atoms with Crippen LogP contribution in [0.4, 0.5) is 0 Å². The molecule has 0 aliphatic heterocycles. The first kappa shape index (κ1) is 21.4. The SMILES string of the molecule is Cc1cc(CC(=O)Cc2ccc(Oc3ccccc3)c(C)c2)ccc1Oc1ccccc1. The van der Waals surface area contributed by atoms with E-state index < -0.39 is 0 Å². The third-order valence-electron chi connectivity index (χ3n) is 5.22. The molecule has 0 saturated heterocycles. The molecule has 4 rings (SSSR count). The molecule has 0 saturated carbocycles. The van der Waals surface area contributed by atoms with Crippen molar-refractivity contribution in [3.63, 3.8) is 0 Å². The second kappa shape index (κ2) is 9.97. The summed E-state index contributed by atoms with van der Waals surface area (Å²) in [6.45, 7) is 4.00. The van der Waals surface area contributed by atoms with Crippen LogP contribution in [-0.2, 0) is 17.6 Å². The van der Waals surface area contributed by atoms with Gasteiger partial charge in [0, 0.05) is 12.8 Å². The Morgan fingerprint density at radius 2 is 1.00 bits per heavy atom. The quantitative estimate of drug-likeness (QED) is 0.300. The highest BCUT2D eigenvalue weighted by atomic mass is 16.5. The van der Waals surface area contributed by atoms with Gasteiger partial charge in [0.25, 0.3) is 0 Å². The predicted molar refractivity (Wildman–Crippen MR) is 128 cm³/mol. The second-order valence-corrected chi connectivity index (χ2v) is 7.92. The molecule has 0 amide bonds. The van der Waals surface area contributed by atoms with Crippen molar-refractivity contribution in [3.8, 4) is 23.0 Å². The fourth-order valence-electron chi connectivity index (χ4n) is 3.62. The predicted octanol–water partition coefficient (Wildman–Crippen LogP) is 7.24. The van der Waals surface area contributed by atoms with Crippen molar-refractivity contribution in [1.82, 2.24) is 0 Å². The van der Waals surface area contributed by atoms with Gasteiger partial charge in [-0.15, -0.1) is 0 Å². The third-order valence-corrected chi connectivity index (χ3v) is 5.22. The Morgan fingerprint density at radius 1 is 0.594 bits per heavy atom. The van der Waals surface area contributed by atoms with Crippen LogP contribution >= 0.6 is 0 Å². The van der Waals surface area contributed by atoms with Gasteiger partial charge in [-0.1, -0.05) is 60.7 Å². The molecule has 0 bridgehead atoms. The van der Waals surface area contributed by atoms with Gasteiger partial charge in [0.05, 0.1) is 0 Å². The number of ether oxygens (including phenoxy) is 2. The lowest BCUT2D eigenvalue weighted by atomic mass is 10.00. The van der Waals surface area contributed by atoms with E-state index in [2.05, 4.69) is 0 Å². The minimum Gasteiger partial charge on any atom is -0.457 e. The Bertz CT molecular complexity index is 1100. The number of Topliss-reactive ketones (excluding diaryl/α,β-unsaturated/α-hetero) is 1. The summed E-state index contributed by atoms with van der Waals surface area (Å²) in [6.07, 6.45) is 0.793. The van der Waals surface area contributed by atoms with E-state index >= 15 is 0 Å². The molecule has 160 valence electrons. The number of ketones is 1. The zero-order valence-electron chi connectivity index (χ0n) is 18.4. The second-order valence-electron chi connectivity index (χ2n) is 7.92. The van der Waals surface area contributed by atoms with Gasteiger partial charge in [-0.2, -0.15) is 0 Å². The summed E-state index contributed by atoms with van der Waals surface area (Å²) in [4.78, 5) is 12.7. The van der Waals surface area contributed by atoms with Gasteiger partial charge in [0.15, 0.2) is 0 Å². The van der Waals surface area contributed by atoms with Gasteiger partial charge in [0.1, 0.15) is 28.8 Å². The van der Waals surface area contributed by atoms with Crippen molar-refractivity contribution in [2.45, 2.75) is 26.7 Å². The smallest absolute Gasteiger partial charge is 0.141 e. The number of hydrogen-bond donors (Lipinski definition) is 0. The molecular weight excluding hydrogens is 396 g/mol. The highest BCUT2D eigenvalue weighted by molar-refractivity contribution is 5.83. The molecule has 0 aliphatic carbocycles. The van der Waals surface area contributed by atoms with Crippen molar-refractivity contribution in [3.05, 3.63) is 119 Å². The van der Waals surface area contributed by atoms with Crippen molar-refractivity contribution in [2.24, 2.45) is 0 Å². The minimum atomic E-state index is 0.178. The average Bonchev–Trinajstić information content (AvgIpc) is 2.79. The molecule has 0 aliphatic rings. The minimum absolute atomic E-state index is 0.178. The average molecular weight is 423 g/mol. The Labute approximate surface area is 189 Å². The Hall–Kier alpha value is -3.85. The van der Waals surface area contributed by atoms with Crippen LogP contribution < -0.4 is 9.47 Å². The molecule has 4 aromatic rings. The van der Waals surface area contributed by atoms with E-state index in [-0.39, 0.29) is 5.78 Å². The van der Waals surface area contributed by atoms with Gasteiger partial charge in [-0.05, 0) is 72.5 Å². The van der Waals surface area contributed by atoms with Crippen LogP contribution in [0.25, 0.3) is 0 Å². The molecule has 0 atom stereocenters. The first-order chi connectivity index (χ1) is 15.6. The van der Waals surface area contributed by atoms with Gasteiger partial charge in [0.2, 0.25) is 0 Å². The van der Waals surface area contributed by atoms with Crippen molar-refractivity contribution in [2.75, 3.05) is 0 Å². The van der Waals surface area contributed by atoms with Gasteiger partial charge in [-0.25, -0.2) is 0 Å². The first-order valence-corrected chi connectivity index (χ1v) is 10.7. The van der Waals surface area contributed by atoms with E-state index in [9.17, 15) is 4.79 Å². The zero-order valence-corrected chi connectivity index (χ0v) is 18.4. The molecular formula is C29H26O3. The lowest BCUT2D eigenvalue weighted by molar-refractivity contribution is -0.117. The van der Waals surface area contributed by atoms with E-state index in [1.165, 1.54) is 0 Å². The largest absolute Gasteiger partial charge is 0.457 e. The Kier molecular flexibility index (Phi) is 6.66. The number of aryl methyl sites for hydroxylation is 2. The maximum atomic E-state index is 12.7. The van der Waals surface area contributed by atoms with Crippen LogP contribution in [0, 0.1) is 13.8 Å². The summed E-state index contributed by atoms with van der Waals surface area (Å²) in [7, 11) is 0. The van der Waals surface area contributed by atoms with Crippen molar-refractivity contribution < 1.29 is 14.3 Å². The monoisotopic (exact) mass is 422 g/mol. The van der Waals surface area contributed by atoms with Crippen LogP contribution in [0.1, 0.15) is 22.3 Å².